The van der Waals surface area contributed by atoms with Gasteiger partial charge in [0.25, 0.3) is 0 Å². The number of ketones is 1. The van der Waals surface area contributed by atoms with E-state index in [-0.39, 0.29) is 16.9 Å². The van der Waals surface area contributed by atoms with Crippen molar-refractivity contribution in [2.45, 2.75) is 39.7 Å². The molecule has 0 aliphatic carbocycles. The van der Waals surface area contributed by atoms with E-state index in [2.05, 4.69) is 19.2 Å². The van der Waals surface area contributed by atoms with Gasteiger partial charge in [0.05, 0.1) is 5.56 Å². The highest BCUT2D eigenvalue weighted by Gasteiger charge is 2.23. The maximum atomic E-state index is 13.5. The lowest BCUT2D eigenvalue weighted by molar-refractivity contribution is 0.0944. The highest BCUT2D eigenvalue weighted by molar-refractivity contribution is 5.96. The topological polar surface area (TPSA) is 29.1 Å². The molecule has 0 heterocycles. The maximum Gasteiger partial charge on any atom is 0.167 e. The predicted molar refractivity (Wildman–Crippen MR) is 72.3 cm³/mol. The van der Waals surface area contributed by atoms with Gasteiger partial charge in [-0.3, -0.25) is 4.79 Å². The molecule has 0 atom stereocenters. The number of carbonyl (C=O) groups excluding carboxylic acids is 1. The number of hydrogen-bond acceptors (Lipinski definition) is 2. The highest BCUT2D eigenvalue weighted by Crippen LogP contribution is 2.16. The Balaban J connectivity index is 2.67. The lowest BCUT2D eigenvalue weighted by Crippen LogP contribution is -2.43. The first kappa shape index (κ1) is 14.8. The van der Waals surface area contributed by atoms with Crippen molar-refractivity contribution in [2.75, 3.05) is 6.54 Å². The van der Waals surface area contributed by atoms with Crippen molar-refractivity contribution in [3.05, 3.63) is 35.6 Å². The minimum atomic E-state index is -0.442. The molecule has 1 rings (SSSR count). The molecule has 0 aliphatic rings. The van der Waals surface area contributed by atoms with Crippen LogP contribution in [0, 0.1) is 11.7 Å². The Bertz CT molecular complexity index is 413. The van der Waals surface area contributed by atoms with E-state index in [1.807, 2.05) is 13.8 Å². The maximum absolute atomic E-state index is 13.5. The van der Waals surface area contributed by atoms with Crippen LogP contribution in [-0.2, 0) is 0 Å². The van der Waals surface area contributed by atoms with Gasteiger partial charge in [0.15, 0.2) is 5.78 Å². The summed E-state index contributed by atoms with van der Waals surface area (Å²) in [5, 5.41) is 3.34. The fraction of sp³-hybridized carbons (Fsp3) is 0.533. The Morgan fingerprint density at radius 3 is 2.50 bits per heavy atom. The second-order valence-corrected chi connectivity index (χ2v) is 5.74. The van der Waals surface area contributed by atoms with Gasteiger partial charge in [-0.05, 0) is 38.4 Å². The number of hydrogen-bond donors (Lipinski definition) is 1. The van der Waals surface area contributed by atoms with Crippen LogP contribution in [0.2, 0.25) is 0 Å². The summed E-state index contributed by atoms with van der Waals surface area (Å²) < 4.78 is 13.5. The summed E-state index contributed by atoms with van der Waals surface area (Å²) in [6.45, 7) is 9.00. The first-order chi connectivity index (χ1) is 8.32. The van der Waals surface area contributed by atoms with E-state index in [9.17, 15) is 9.18 Å². The highest BCUT2D eigenvalue weighted by atomic mass is 19.1. The predicted octanol–water partition coefficient (Wildman–Crippen LogP) is 3.42. The van der Waals surface area contributed by atoms with Gasteiger partial charge in [0.2, 0.25) is 0 Å². The van der Waals surface area contributed by atoms with Crippen molar-refractivity contribution in [1.82, 2.24) is 5.32 Å². The van der Waals surface area contributed by atoms with Crippen LogP contribution >= 0.6 is 0 Å². The molecule has 100 valence electrons. The summed E-state index contributed by atoms with van der Waals surface area (Å²) >= 11 is 0. The molecule has 0 amide bonds. The van der Waals surface area contributed by atoms with Crippen LogP contribution in [-0.4, -0.2) is 17.9 Å². The Morgan fingerprint density at radius 1 is 1.33 bits per heavy atom. The third kappa shape index (κ3) is 4.57. The Hall–Kier alpha value is -1.22. The first-order valence-corrected chi connectivity index (χ1v) is 6.34. The summed E-state index contributed by atoms with van der Waals surface area (Å²) in [5.74, 6) is -0.0793. The standard InChI is InChI=1S/C15H22FNO/c1-11(2)10-17-15(3,4)9-14(18)12-7-5-6-8-13(12)16/h5-8,11,17H,9-10H2,1-4H3. The van der Waals surface area contributed by atoms with Crippen molar-refractivity contribution in [1.29, 1.82) is 0 Å². The van der Waals surface area contributed by atoms with Crippen LogP contribution in [0.3, 0.4) is 0 Å². The monoisotopic (exact) mass is 251 g/mol. The molecule has 3 heteroatoms. The van der Waals surface area contributed by atoms with Crippen molar-refractivity contribution >= 4 is 5.78 Å². The van der Waals surface area contributed by atoms with E-state index in [0.29, 0.717) is 12.3 Å². The zero-order valence-electron chi connectivity index (χ0n) is 11.6. The van der Waals surface area contributed by atoms with E-state index in [1.54, 1.807) is 12.1 Å². The van der Waals surface area contributed by atoms with E-state index in [1.165, 1.54) is 12.1 Å². The molecule has 0 radical (unpaired) electrons. The molecule has 0 bridgehead atoms. The van der Waals surface area contributed by atoms with Crippen molar-refractivity contribution in [3.8, 4) is 0 Å². The lowest BCUT2D eigenvalue weighted by atomic mass is 9.93. The Kier molecular flexibility index (Phi) is 5.03. The summed E-state index contributed by atoms with van der Waals surface area (Å²) in [6.07, 6.45) is 0.292. The molecule has 0 saturated carbocycles. The number of Topliss-reactive ketones (excluding diaryl/α,β-unsaturated/α-hetero) is 1. The smallest absolute Gasteiger partial charge is 0.167 e. The lowest BCUT2D eigenvalue weighted by Gasteiger charge is -2.26. The zero-order valence-corrected chi connectivity index (χ0v) is 11.6. The van der Waals surface area contributed by atoms with Gasteiger partial charge in [-0.15, -0.1) is 0 Å². The number of rotatable bonds is 6. The molecule has 1 N–H and O–H groups in total. The molecule has 1 aromatic carbocycles. The summed E-state index contributed by atoms with van der Waals surface area (Å²) in [4.78, 5) is 12.0. The van der Waals surface area contributed by atoms with Crippen LogP contribution in [0.4, 0.5) is 4.39 Å². The summed E-state index contributed by atoms with van der Waals surface area (Å²) in [5.41, 5.74) is -0.138. The number of carbonyl (C=O) groups is 1. The van der Waals surface area contributed by atoms with Crippen LogP contribution in [0.1, 0.15) is 44.5 Å². The molecule has 0 unspecified atom stereocenters. The number of benzene rings is 1. The minimum Gasteiger partial charge on any atom is -0.311 e. The molecule has 2 nitrogen and oxygen atoms in total. The fourth-order valence-electron chi connectivity index (χ4n) is 1.73. The van der Waals surface area contributed by atoms with Gasteiger partial charge in [0, 0.05) is 12.0 Å². The van der Waals surface area contributed by atoms with E-state index >= 15 is 0 Å². The van der Waals surface area contributed by atoms with Gasteiger partial charge in [0.1, 0.15) is 5.82 Å². The van der Waals surface area contributed by atoms with Crippen LogP contribution < -0.4 is 5.32 Å². The zero-order chi connectivity index (χ0) is 13.8. The average Bonchev–Trinajstić information content (AvgIpc) is 2.26. The summed E-state index contributed by atoms with van der Waals surface area (Å²) in [7, 11) is 0. The molecular formula is C15H22FNO. The van der Waals surface area contributed by atoms with Crippen LogP contribution in [0.25, 0.3) is 0 Å². The fourth-order valence-corrected chi connectivity index (χ4v) is 1.73. The van der Waals surface area contributed by atoms with Gasteiger partial charge in [-0.1, -0.05) is 26.0 Å². The molecule has 0 spiro atoms. The van der Waals surface area contributed by atoms with Gasteiger partial charge in [-0.25, -0.2) is 4.39 Å². The molecule has 0 aromatic heterocycles. The third-order valence-electron chi connectivity index (χ3n) is 2.77. The second kappa shape index (κ2) is 6.10. The molecule has 0 fully saturated rings. The second-order valence-electron chi connectivity index (χ2n) is 5.74. The Morgan fingerprint density at radius 2 is 1.94 bits per heavy atom. The molecular weight excluding hydrogens is 229 g/mol. The minimum absolute atomic E-state index is 0.158. The van der Waals surface area contributed by atoms with Crippen LogP contribution in [0.15, 0.2) is 24.3 Å². The SMILES string of the molecule is CC(C)CNC(C)(C)CC(=O)c1ccccc1F. The van der Waals surface area contributed by atoms with Crippen LogP contribution in [0.5, 0.6) is 0 Å². The number of nitrogens with one attached hydrogen (secondary N) is 1. The Labute approximate surface area is 109 Å². The quantitative estimate of drug-likeness (QED) is 0.785. The number of halogens is 1. The van der Waals surface area contributed by atoms with Crippen molar-refractivity contribution in [2.24, 2.45) is 5.92 Å². The molecule has 0 saturated heterocycles. The largest absolute Gasteiger partial charge is 0.311 e. The third-order valence-corrected chi connectivity index (χ3v) is 2.77. The van der Waals surface area contributed by atoms with Gasteiger partial charge < -0.3 is 5.32 Å². The molecule has 1 aromatic rings. The van der Waals surface area contributed by atoms with Crippen molar-refractivity contribution < 1.29 is 9.18 Å². The van der Waals surface area contributed by atoms with Crippen molar-refractivity contribution in [3.63, 3.8) is 0 Å². The average molecular weight is 251 g/mol. The normalized spacial score (nSPS) is 11.9. The van der Waals surface area contributed by atoms with E-state index < -0.39 is 5.82 Å². The van der Waals surface area contributed by atoms with E-state index in [0.717, 1.165) is 6.54 Å². The first-order valence-electron chi connectivity index (χ1n) is 6.34. The van der Waals surface area contributed by atoms with Gasteiger partial charge in [-0.2, -0.15) is 0 Å². The summed E-state index contributed by atoms with van der Waals surface area (Å²) in [6, 6.07) is 6.14. The van der Waals surface area contributed by atoms with Gasteiger partial charge >= 0.3 is 0 Å². The molecule has 0 aliphatic heterocycles. The molecule has 18 heavy (non-hydrogen) atoms. The van der Waals surface area contributed by atoms with E-state index in [4.69, 9.17) is 0 Å².